The van der Waals surface area contributed by atoms with Gasteiger partial charge in [0.05, 0.1) is 12.0 Å². The number of rotatable bonds is 4. The Morgan fingerprint density at radius 2 is 1.48 bits per heavy atom. The Labute approximate surface area is 238 Å². The van der Waals surface area contributed by atoms with Gasteiger partial charge in [0.15, 0.2) is 11.6 Å². The van der Waals surface area contributed by atoms with E-state index in [9.17, 15) is 18.8 Å². The Kier molecular flexibility index (Phi) is 5.61. The van der Waals surface area contributed by atoms with Crippen molar-refractivity contribution >= 4 is 50.9 Å². The van der Waals surface area contributed by atoms with E-state index in [1.54, 1.807) is 24.3 Å². The second kappa shape index (κ2) is 9.10. The fourth-order valence-electron chi connectivity index (χ4n) is 6.70. The summed E-state index contributed by atoms with van der Waals surface area (Å²) in [6, 6.07) is 25.7. The summed E-state index contributed by atoms with van der Waals surface area (Å²) in [4.78, 5) is 45.4. The van der Waals surface area contributed by atoms with Gasteiger partial charge in [-0.2, -0.15) is 0 Å². The molecule has 0 saturated carbocycles. The van der Waals surface area contributed by atoms with Gasteiger partial charge in [-0.3, -0.25) is 14.4 Å². The Bertz CT molecular complexity index is 1730. The first-order valence-corrected chi connectivity index (χ1v) is 13.8. The van der Waals surface area contributed by atoms with E-state index in [1.807, 2.05) is 65.6 Å². The number of amides is 1. The van der Waals surface area contributed by atoms with Crippen LogP contribution in [0.5, 0.6) is 0 Å². The highest BCUT2D eigenvalue weighted by molar-refractivity contribution is 9.10. The number of benzene rings is 4. The maximum atomic E-state index is 14.6. The molecule has 4 aromatic rings. The summed E-state index contributed by atoms with van der Waals surface area (Å²) in [7, 11) is 0. The number of hydrogen-bond acceptors (Lipinski definition) is 4. The number of nitrogens with zero attached hydrogens (tertiary/aromatic N) is 1. The molecular formula is C33H22BrFN2O3. The van der Waals surface area contributed by atoms with Crippen LogP contribution in [0.4, 0.5) is 15.8 Å². The maximum absolute atomic E-state index is 14.6. The van der Waals surface area contributed by atoms with Gasteiger partial charge >= 0.3 is 0 Å². The van der Waals surface area contributed by atoms with Crippen LogP contribution in [0.2, 0.25) is 0 Å². The minimum absolute atomic E-state index is 0.244. The summed E-state index contributed by atoms with van der Waals surface area (Å²) in [5, 5.41) is 3.01. The third-order valence-corrected chi connectivity index (χ3v) is 8.88. The summed E-state index contributed by atoms with van der Waals surface area (Å²) >= 11 is 3.43. The van der Waals surface area contributed by atoms with E-state index in [0.29, 0.717) is 16.8 Å². The molecule has 7 rings (SSSR count). The average Bonchev–Trinajstić information content (AvgIpc) is 3.45. The molecule has 7 heteroatoms. The fourth-order valence-corrected chi connectivity index (χ4v) is 6.96. The van der Waals surface area contributed by atoms with E-state index < -0.39 is 29.2 Å². The lowest BCUT2D eigenvalue weighted by Crippen LogP contribution is -2.51. The lowest BCUT2D eigenvalue weighted by atomic mass is 9.64. The van der Waals surface area contributed by atoms with Gasteiger partial charge in [-0.1, -0.05) is 76.6 Å². The van der Waals surface area contributed by atoms with Crippen molar-refractivity contribution in [1.82, 2.24) is 0 Å². The summed E-state index contributed by atoms with van der Waals surface area (Å²) in [5.74, 6) is -2.56. The van der Waals surface area contributed by atoms with Gasteiger partial charge in [0.1, 0.15) is 17.3 Å². The van der Waals surface area contributed by atoms with Gasteiger partial charge in [0.2, 0.25) is 5.91 Å². The lowest BCUT2D eigenvalue weighted by molar-refractivity contribution is -0.121. The van der Waals surface area contributed by atoms with Gasteiger partial charge in [-0.15, -0.1) is 0 Å². The topological polar surface area (TPSA) is 66.5 Å². The number of nitrogens with one attached hydrogen (secondary N) is 1. The molecule has 3 heterocycles. The SMILES string of the molecule is O=C(c1ccc(Br)cc1)[C@@H]1[C@H](C(=O)c2ccc(F)cc2)[C@]2(C(=O)Nc3ccccc32)[C@@H]2C=Cc3ccccc3N12. The predicted octanol–water partition coefficient (Wildman–Crippen LogP) is 6.44. The highest BCUT2D eigenvalue weighted by Gasteiger charge is 2.70. The fraction of sp³-hybridized carbons (Fsp3) is 0.121. The molecule has 1 saturated heterocycles. The lowest BCUT2D eigenvalue weighted by Gasteiger charge is -2.37. The number of carbonyl (C=O) groups excluding carboxylic acids is 3. The average molecular weight is 593 g/mol. The van der Waals surface area contributed by atoms with Crippen molar-refractivity contribution in [3.8, 4) is 0 Å². The number of fused-ring (bicyclic) bond motifs is 6. The quantitative estimate of drug-likeness (QED) is 0.277. The summed E-state index contributed by atoms with van der Waals surface area (Å²) < 4.78 is 14.7. The van der Waals surface area contributed by atoms with Crippen molar-refractivity contribution in [3.63, 3.8) is 0 Å². The standard InChI is InChI=1S/C33H22BrFN2O3/c34-22-14-9-21(10-15-22)31(39)29-28(30(38)20-11-16-23(35)17-12-20)33(24-6-2-3-7-25(24)36-32(33)40)27-18-13-19-5-1-4-8-26(19)37(27)29/h1-18,27-29H,(H,36,40)/t27-,28+,29-,33+/m0/s1. The van der Waals surface area contributed by atoms with Crippen LogP contribution >= 0.6 is 15.9 Å². The minimum atomic E-state index is -1.40. The largest absolute Gasteiger partial charge is 0.352 e. The molecule has 196 valence electrons. The first-order valence-electron chi connectivity index (χ1n) is 13.0. The number of Topliss-reactive ketones (excluding diaryl/α,β-unsaturated/α-hetero) is 2. The van der Waals surface area contributed by atoms with E-state index in [0.717, 1.165) is 15.7 Å². The molecule has 1 spiro atoms. The number of para-hydroxylation sites is 2. The monoisotopic (exact) mass is 592 g/mol. The Hall–Kier alpha value is -4.36. The van der Waals surface area contributed by atoms with E-state index in [4.69, 9.17) is 0 Å². The molecule has 0 unspecified atom stereocenters. The molecule has 5 nitrogen and oxygen atoms in total. The van der Waals surface area contributed by atoms with Crippen molar-refractivity contribution in [2.45, 2.75) is 17.5 Å². The van der Waals surface area contributed by atoms with E-state index >= 15 is 0 Å². The third-order valence-electron chi connectivity index (χ3n) is 8.35. The molecule has 4 aromatic carbocycles. The van der Waals surface area contributed by atoms with Gasteiger partial charge in [-0.25, -0.2) is 4.39 Å². The highest BCUT2D eigenvalue weighted by Crippen LogP contribution is 2.58. The molecule has 40 heavy (non-hydrogen) atoms. The van der Waals surface area contributed by atoms with Crippen molar-refractivity contribution in [3.05, 3.63) is 136 Å². The Morgan fingerprint density at radius 3 is 2.25 bits per heavy atom. The third kappa shape index (κ3) is 3.40. The molecule has 0 radical (unpaired) electrons. The molecule has 1 amide bonds. The van der Waals surface area contributed by atoms with Crippen LogP contribution in [0, 0.1) is 11.7 Å². The maximum Gasteiger partial charge on any atom is 0.238 e. The highest BCUT2D eigenvalue weighted by atomic mass is 79.9. The van der Waals surface area contributed by atoms with Crippen LogP contribution in [0.1, 0.15) is 31.8 Å². The summed E-state index contributed by atoms with van der Waals surface area (Å²) in [6.45, 7) is 0. The molecule has 0 aliphatic carbocycles. The van der Waals surface area contributed by atoms with Crippen LogP contribution in [0.3, 0.4) is 0 Å². The van der Waals surface area contributed by atoms with E-state index in [2.05, 4.69) is 21.2 Å². The number of hydrogen-bond donors (Lipinski definition) is 1. The van der Waals surface area contributed by atoms with E-state index in [-0.39, 0.29) is 23.0 Å². The van der Waals surface area contributed by atoms with Crippen molar-refractivity contribution < 1.29 is 18.8 Å². The molecule has 1 N–H and O–H groups in total. The Balaban J connectivity index is 1.53. The number of carbonyl (C=O) groups is 3. The summed E-state index contributed by atoms with van der Waals surface area (Å²) in [6.07, 6.45) is 3.89. The van der Waals surface area contributed by atoms with Crippen LogP contribution in [-0.2, 0) is 10.2 Å². The molecule has 4 atom stereocenters. The van der Waals surface area contributed by atoms with Crippen LogP contribution < -0.4 is 10.2 Å². The molecule has 3 aliphatic heterocycles. The zero-order chi connectivity index (χ0) is 27.6. The molecule has 0 bridgehead atoms. The molecule has 1 fully saturated rings. The second-order valence-corrected chi connectivity index (χ2v) is 11.2. The van der Waals surface area contributed by atoms with Crippen molar-refractivity contribution in [1.29, 1.82) is 0 Å². The normalized spacial score (nSPS) is 23.9. The molecule has 3 aliphatic rings. The first kappa shape index (κ1) is 24.7. The minimum Gasteiger partial charge on any atom is -0.352 e. The van der Waals surface area contributed by atoms with Gasteiger partial charge in [0, 0.05) is 27.0 Å². The zero-order valence-electron chi connectivity index (χ0n) is 21.1. The first-order chi connectivity index (χ1) is 19.4. The zero-order valence-corrected chi connectivity index (χ0v) is 22.6. The molecular weight excluding hydrogens is 571 g/mol. The number of ketones is 2. The van der Waals surface area contributed by atoms with Gasteiger partial charge in [0.25, 0.3) is 0 Å². The van der Waals surface area contributed by atoms with Gasteiger partial charge < -0.3 is 10.2 Å². The van der Waals surface area contributed by atoms with E-state index in [1.165, 1.54) is 24.3 Å². The Morgan fingerprint density at radius 1 is 0.825 bits per heavy atom. The number of halogens is 2. The van der Waals surface area contributed by atoms with Crippen molar-refractivity contribution in [2.75, 3.05) is 10.2 Å². The van der Waals surface area contributed by atoms with Crippen LogP contribution in [0.15, 0.2) is 108 Å². The smallest absolute Gasteiger partial charge is 0.238 e. The predicted molar refractivity (Wildman–Crippen MR) is 155 cm³/mol. The molecule has 0 aromatic heterocycles. The number of anilines is 2. The van der Waals surface area contributed by atoms with Gasteiger partial charge in [-0.05, 0) is 59.7 Å². The second-order valence-electron chi connectivity index (χ2n) is 10.3. The van der Waals surface area contributed by atoms with Crippen LogP contribution in [-0.4, -0.2) is 29.6 Å². The van der Waals surface area contributed by atoms with Crippen LogP contribution in [0.25, 0.3) is 6.08 Å². The van der Waals surface area contributed by atoms with Crippen molar-refractivity contribution in [2.24, 2.45) is 5.92 Å². The summed E-state index contributed by atoms with van der Waals surface area (Å²) in [5.41, 5.74) is 2.23.